The van der Waals surface area contributed by atoms with Crippen molar-refractivity contribution < 1.29 is 42.0 Å². The Morgan fingerprint density at radius 1 is 0.625 bits per heavy atom. The molecule has 0 saturated carbocycles. The molecule has 0 aliphatic rings. The van der Waals surface area contributed by atoms with Gasteiger partial charge in [0.1, 0.15) is 12.2 Å². The lowest BCUT2D eigenvalue weighted by Gasteiger charge is -2.25. The van der Waals surface area contributed by atoms with E-state index in [1.165, 1.54) is 0 Å². The summed E-state index contributed by atoms with van der Waals surface area (Å²) < 4.78 is 103. The highest BCUT2D eigenvalue weighted by Crippen LogP contribution is 2.10. The van der Waals surface area contributed by atoms with Gasteiger partial charge in [-0.3, -0.25) is 8.37 Å². The normalized spacial score (nSPS) is 16.7. The zero-order chi connectivity index (χ0) is 19.4. The molecule has 0 fully saturated rings. The fraction of sp³-hybridized carbons (Fsp3) is 1.00. The fourth-order valence-corrected chi connectivity index (χ4v) is 3.59. The van der Waals surface area contributed by atoms with Crippen LogP contribution in [0.25, 0.3) is 0 Å². The van der Waals surface area contributed by atoms with Crippen LogP contribution in [0, 0.1) is 0 Å². The van der Waals surface area contributed by atoms with E-state index in [9.17, 15) is 33.7 Å². The van der Waals surface area contributed by atoms with Crippen LogP contribution in [-0.4, -0.2) is 84.0 Å². The molecule has 0 aliphatic carbocycles. The monoisotopic (exact) mass is 432 g/mol. The molecule has 0 saturated heterocycles. The molecule has 0 heterocycles. The average molecular weight is 433 g/mol. The number of sulfonamides is 2. The Labute approximate surface area is 142 Å². The van der Waals surface area contributed by atoms with Crippen molar-refractivity contribution in [1.82, 2.24) is 9.44 Å². The van der Waals surface area contributed by atoms with Crippen molar-refractivity contribution in [3.8, 4) is 0 Å². The van der Waals surface area contributed by atoms with E-state index in [1.54, 1.807) is 0 Å². The molecule has 0 aromatic carbocycles. The van der Waals surface area contributed by atoms with Crippen LogP contribution in [0.2, 0.25) is 0 Å². The summed E-state index contributed by atoms with van der Waals surface area (Å²) in [7, 11) is -15.8. The van der Waals surface area contributed by atoms with E-state index < -0.39 is 65.6 Å². The maximum absolute atomic E-state index is 11.3. The lowest BCUT2D eigenvalue weighted by molar-refractivity contribution is 0.0704. The summed E-state index contributed by atoms with van der Waals surface area (Å²) in [5.74, 6) is 0. The summed E-state index contributed by atoms with van der Waals surface area (Å²) in [6, 6.07) is 0. The van der Waals surface area contributed by atoms with Gasteiger partial charge in [0.2, 0.25) is 20.0 Å². The minimum atomic E-state index is -4.13. The van der Waals surface area contributed by atoms with Gasteiger partial charge in [-0.2, -0.15) is 16.8 Å². The molecule has 0 aromatic rings. The fourth-order valence-electron chi connectivity index (χ4n) is 1.37. The highest BCUT2D eigenvalue weighted by atomic mass is 32.2. The third-order valence-electron chi connectivity index (χ3n) is 2.10. The molecule has 16 heteroatoms. The summed E-state index contributed by atoms with van der Waals surface area (Å²) in [4.78, 5) is 0. The molecule has 0 aromatic heterocycles. The predicted octanol–water partition coefficient (Wildman–Crippen LogP) is -3.23. The van der Waals surface area contributed by atoms with Crippen LogP contribution in [0.15, 0.2) is 0 Å². The SMILES string of the molecule is CS(=O)(=O)NC[C@H](OS(C)(=O)=O)[C@@H](CNS(C)(=O)=O)OS(C)(=O)=O. The maximum Gasteiger partial charge on any atom is 0.264 e. The van der Waals surface area contributed by atoms with Gasteiger partial charge >= 0.3 is 0 Å². The Hall–Kier alpha value is -0.360. The number of nitrogens with one attached hydrogen (secondary N) is 2. The smallest absolute Gasteiger partial charge is 0.263 e. The van der Waals surface area contributed by atoms with Crippen molar-refractivity contribution in [1.29, 1.82) is 0 Å². The standard InChI is InChI=1S/C8H20N2O10S4/c1-21(11,12)9-5-7(19-23(3,15)16)8(20-24(4,17)18)6-10-22(2,13)14/h7-10H,5-6H2,1-4H3/t7-,8+. The van der Waals surface area contributed by atoms with Crippen molar-refractivity contribution in [2.45, 2.75) is 12.2 Å². The number of hydrogen-bond acceptors (Lipinski definition) is 10. The molecule has 24 heavy (non-hydrogen) atoms. The molecule has 12 nitrogen and oxygen atoms in total. The highest BCUT2D eigenvalue weighted by Gasteiger charge is 2.31. The quantitative estimate of drug-likeness (QED) is 0.315. The lowest BCUT2D eigenvalue weighted by Crippen LogP contribution is -2.48. The van der Waals surface area contributed by atoms with Crippen LogP contribution in [0.5, 0.6) is 0 Å². The second kappa shape index (κ2) is 8.35. The largest absolute Gasteiger partial charge is 0.264 e. The van der Waals surface area contributed by atoms with Crippen LogP contribution in [0.1, 0.15) is 0 Å². The van der Waals surface area contributed by atoms with E-state index in [4.69, 9.17) is 0 Å². The van der Waals surface area contributed by atoms with Gasteiger partial charge in [-0.25, -0.2) is 26.3 Å². The molecule has 0 spiro atoms. The molecule has 2 N–H and O–H groups in total. The first-order valence-electron chi connectivity index (χ1n) is 6.04. The van der Waals surface area contributed by atoms with Crippen molar-refractivity contribution in [3.05, 3.63) is 0 Å². The molecule has 2 atom stereocenters. The van der Waals surface area contributed by atoms with Crippen molar-refractivity contribution >= 4 is 40.3 Å². The van der Waals surface area contributed by atoms with Gasteiger partial charge in [-0.1, -0.05) is 0 Å². The molecule has 0 bridgehead atoms. The molecule has 0 unspecified atom stereocenters. The van der Waals surface area contributed by atoms with Crippen molar-refractivity contribution in [2.75, 3.05) is 38.1 Å². The Kier molecular flexibility index (Phi) is 8.22. The maximum atomic E-state index is 11.3. The van der Waals surface area contributed by atoms with Gasteiger partial charge in [-0.05, 0) is 0 Å². The van der Waals surface area contributed by atoms with Gasteiger partial charge in [-0.15, -0.1) is 0 Å². The van der Waals surface area contributed by atoms with E-state index in [0.29, 0.717) is 12.5 Å². The Bertz CT molecular complexity index is 755. The molecule has 0 radical (unpaired) electrons. The predicted molar refractivity (Wildman–Crippen MR) is 85.1 cm³/mol. The third kappa shape index (κ3) is 14.0. The second-order valence-corrected chi connectivity index (χ2v) is 11.8. The molecule has 0 rings (SSSR count). The Morgan fingerprint density at radius 2 is 0.875 bits per heavy atom. The second-order valence-electron chi connectivity index (χ2n) is 4.92. The molecule has 146 valence electrons. The van der Waals surface area contributed by atoms with Crippen LogP contribution in [0.3, 0.4) is 0 Å². The lowest BCUT2D eigenvalue weighted by atomic mass is 10.2. The molecular weight excluding hydrogens is 412 g/mol. The summed E-state index contributed by atoms with van der Waals surface area (Å²) in [5.41, 5.74) is 0. The van der Waals surface area contributed by atoms with Crippen LogP contribution in [0.4, 0.5) is 0 Å². The molecule has 0 aliphatic heterocycles. The van der Waals surface area contributed by atoms with Gasteiger partial charge in [0, 0.05) is 13.1 Å². The molecule has 0 amide bonds. The summed E-state index contributed by atoms with van der Waals surface area (Å²) in [6.45, 7) is -1.34. The average Bonchev–Trinajstić information content (AvgIpc) is 2.25. The van der Waals surface area contributed by atoms with E-state index in [1.807, 2.05) is 9.44 Å². The number of hydrogen-bond donors (Lipinski definition) is 2. The highest BCUT2D eigenvalue weighted by molar-refractivity contribution is 7.89. The van der Waals surface area contributed by atoms with E-state index in [-0.39, 0.29) is 0 Å². The third-order valence-corrected chi connectivity index (χ3v) is 4.68. The summed E-state index contributed by atoms with van der Waals surface area (Å²) in [5, 5.41) is 0. The van der Waals surface area contributed by atoms with Crippen molar-refractivity contribution in [2.24, 2.45) is 0 Å². The minimum Gasteiger partial charge on any atom is -0.263 e. The van der Waals surface area contributed by atoms with Gasteiger partial charge in [0.25, 0.3) is 20.2 Å². The Morgan fingerprint density at radius 3 is 1.04 bits per heavy atom. The zero-order valence-corrected chi connectivity index (χ0v) is 16.6. The topological polar surface area (TPSA) is 179 Å². The van der Waals surface area contributed by atoms with Crippen LogP contribution in [-0.2, 0) is 48.6 Å². The summed E-state index contributed by atoms with van der Waals surface area (Å²) in [6.07, 6.45) is -0.404. The summed E-state index contributed by atoms with van der Waals surface area (Å²) >= 11 is 0. The minimum absolute atomic E-state index is 0.655. The zero-order valence-electron chi connectivity index (χ0n) is 13.3. The molecular formula is C8H20N2O10S4. The first-order valence-corrected chi connectivity index (χ1v) is 13.5. The van der Waals surface area contributed by atoms with E-state index >= 15 is 0 Å². The van der Waals surface area contributed by atoms with Gasteiger partial charge in [0.15, 0.2) is 0 Å². The first kappa shape index (κ1) is 23.6. The van der Waals surface area contributed by atoms with Crippen LogP contribution >= 0.6 is 0 Å². The Balaban J connectivity index is 5.57. The van der Waals surface area contributed by atoms with Gasteiger partial charge in [0.05, 0.1) is 25.0 Å². The van der Waals surface area contributed by atoms with E-state index in [0.717, 1.165) is 12.5 Å². The van der Waals surface area contributed by atoms with Crippen LogP contribution < -0.4 is 9.44 Å². The van der Waals surface area contributed by atoms with E-state index in [2.05, 4.69) is 8.37 Å². The number of rotatable bonds is 11. The first-order chi connectivity index (χ1) is 10.4. The van der Waals surface area contributed by atoms with Crippen molar-refractivity contribution in [3.63, 3.8) is 0 Å². The van der Waals surface area contributed by atoms with Gasteiger partial charge < -0.3 is 0 Å².